The van der Waals surface area contributed by atoms with Crippen LogP contribution >= 0.6 is 7.82 Å². The molecule has 0 aromatic carbocycles. The van der Waals surface area contributed by atoms with Crippen LogP contribution in [0.5, 0.6) is 0 Å². The molecule has 0 bridgehead atoms. The molecule has 308 valence electrons. The van der Waals surface area contributed by atoms with Gasteiger partial charge in [-0.1, -0.05) is 134 Å². The highest BCUT2D eigenvalue weighted by atomic mass is 31.2. The van der Waals surface area contributed by atoms with Crippen LogP contribution in [0.15, 0.2) is 36.5 Å². The molecule has 11 nitrogen and oxygen atoms in total. The molecule has 0 spiro atoms. The summed E-state index contributed by atoms with van der Waals surface area (Å²) in [5.41, 5.74) is 0. The summed E-state index contributed by atoms with van der Waals surface area (Å²) < 4.78 is 26.7. The van der Waals surface area contributed by atoms with Gasteiger partial charge in [0, 0.05) is 12.8 Å². The van der Waals surface area contributed by atoms with Gasteiger partial charge in [0.15, 0.2) is 6.04 Å². The molecule has 0 saturated heterocycles. The first-order valence-corrected chi connectivity index (χ1v) is 22.0. The minimum atomic E-state index is -4.75. The van der Waals surface area contributed by atoms with E-state index in [0.717, 1.165) is 77.0 Å². The van der Waals surface area contributed by atoms with Crippen molar-refractivity contribution in [2.24, 2.45) is 0 Å². The van der Waals surface area contributed by atoms with Crippen molar-refractivity contribution in [2.75, 3.05) is 19.8 Å². The number of unbranched alkanes of at least 4 members (excludes halogenated alkanes) is 18. The third kappa shape index (κ3) is 36.4. The van der Waals surface area contributed by atoms with E-state index in [-0.39, 0.29) is 12.8 Å². The van der Waals surface area contributed by atoms with E-state index in [4.69, 9.17) is 13.8 Å². The zero-order valence-corrected chi connectivity index (χ0v) is 34.0. The Balaban J connectivity index is 3.96. The fourth-order valence-electron chi connectivity index (χ4n) is 5.38. The number of nitrogens with one attached hydrogen (secondary N) is 1. The lowest BCUT2D eigenvalue weighted by molar-refractivity contribution is -0.147. The minimum Gasteiger partial charge on any atom is -0.480 e. The van der Waals surface area contributed by atoms with Crippen LogP contribution in [0.25, 0.3) is 0 Å². The summed E-state index contributed by atoms with van der Waals surface area (Å²) in [6, 6.07) is -1.55. The summed E-state index contributed by atoms with van der Waals surface area (Å²) in [7, 11) is -4.75. The van der Waals surface area contributed by atoms with E-state index in [9.17, 15) is 34.1 Å². The van der Waals surface area contributed by atoms with Crippen molar-refractivity contribution in [1.29, 1.82) is 0 Å². The number of hydrogen-bond acceptors (Lipinski definition) is 8. The van der Waals surface area contributed by atoms with Crippen LogP contribution in [0.1, 0.15) is 174 Å². The minimum absolute atomic E-state index is 0.136. The fraction of sp³-hybridized carbons (Fsp3) is 0.780. The molecule has 0 aliphatic heterocycles. The quantitative estimate of drug-likeness (QED) is 0.0205. The number of carbonyl (C=O) groups excluding carboxylic acids is 2. The van der Waals surface area contributed by atoms with Crippen molar-refractivity contribution < 1.29 is 47.8 Å². The Kier molecular flexibility index (Phi) is 35.1. The Bertz CT molecular complexity index is 1050. The van der Waals surface area contributed by atoms with Gasteiger partial charge in [-0.3, -0.25) is 18.6 Å². The number of aliphatic hydroxyl groups is 1. The van der Waals surface area contributed by atoms with Crippen LogP contribution in [0.4, 0.5) is 0 Å². The summed E-state index contributed by atoms with van der Waals surface area (Å²) in [6.07, 6.45) is 37.4. The number of carboxylic acid groups (broad SMARTS) is 1. The van der Waals surface area contributed by atoms with Crippen molar-refractivity contribution >= 4 is 25.7 Å². The number of hydrogen-bond donors (Lipinski definition) is 4. The highest BCUT2D eigenvalue weighted by molar-refractivity contribution is 7.47. The predicted octanol–water partition coefficient (Wildman–Crippen LogP) is 10.1. The Morgan fingerprint density at radius 1 is 0.604 bits per heavy atom. The predicted molar refractivity (Wildman–Crippen MR) is 212 cm³/mol. The van der Waals surface area contributed by atoms with E-state index < -0.39 is 57.6 Å². The van der Waals surface area contributed by atoms with Gasteiger partial charge < -0.3 is 25.2 Å². The summed E-state index contributed by atoms with van der Waals surface area (Å²) >= 11 is 0. The van der Waals surface area contributed by atoms with Crippen LogP contribution in [0.3, 0.4) is 0 Å². The molecule has 0 heterocycles. The number of aliphatic hydroxyl groups excluding tert-OH is 1. The third-order valence-corrected chi connectivity index (χ3v) is 9.60. The van der Waals surface area contributed by atoms with Gasteiger partial charge in [-0.15, -0.1) is 0 Å². The molecule has 0 aliphatic rings. The number of esters is 1. The Hall–Kier alpha value is -2.30. The standard InChI is InChI=1S/C41H74NO10P/c1-3-5-7-9-11-13-15-16-17-18-19-20-21-23-24-26-28-30-32-39(44)42-38(41(46)47)36-52-53(48,49)51-35-37(43)34-50-40(45)33-31-29-27-25-22-14-12-10-8-6-4-2/h10,12-13,15,17-18,37-38,43H,3-9,11,14,16,19-36H2,1-2H3,(H,42,44)(H,46,47)(H,48,49)/b12-10-,15-13-,18-17-. The number of amides is 1. The first-order valence-electron chi connectivity index (χ1n) is 20.5. The molecule has 0 aromatic heterocycles. The number of allylic oxidation sites excluding steroid dienone is 6. The Labute approximate surface area is 321 Å². The van der Waals surface area contributed by atoms with E-state index in [2.05, 4.69) is 55.6 Å². The summed E-state index contributed by atoms with van der Waals surface area (Å²) in [5, 5.41) is 21.8. The van der Waals surface area contributed by atoms with Gasteiger partial charge in [0.25, 0.3) is 0 Å². The lowest BCUT2D eigenvalue weighted by Crippen LogP contribution is -2.43. The largest absolute Gasteiger partial charge is 0.480 e. The summed E-state index contributed by atoms with van der Waals surface area (Å²) in [5.74, 6) is -2.40. The molecule has 3 atom stereocenters. The Morgan fingerprint density at radius 3 is 1.60 bits per heavy atom. The molecule has 0 saturated carbocycles. The van der Waals surface area contributed by atoms with Crippen molar-refractivity contribution in [1.82, 2.24) is 5.32 Å². The van der Waals surface area contributed by atoms with E-state index in [1.165, 1.54) is 57.8 Å². The summed E-state index contributed by atoms with van der Waals surface area (Å²) in [6.45, 7) is 2.51. The SMILES string of the molecule is CCCC/C=C\CCCCCCCC(=O)OCC(O)COP(=O)(O)OCC(NC(=O)CCCCCCCCC/C=C\C/C=C\CCCCCC)C(=O)O. The molecule has 0 rings (SSSR count). The first-order chi connectivity index (χ1) is 25.6. The topological polar surface area (TPSA) is 169 Å². The van der Waals surface area contributed by atoms with Gasteiger partial charge in [-0.25, -0.2) is 9.36 Å². The number of phosphoric acid groups is 1. The maximum Gasteiger partial charge on any atom is 0.472 e. The monoisotopic (exact) mass is 772 g/mol. The molecule has 3 unspecified atom stereocenters. The molecule has 0 aromatic rings. The van der Waals surface area contributed by atoms with E-state index in [1.807, 2.05) is 0 Å². The second-order valence-electron chi connectivity index (χ2n) is 13.8. The molecule has 53 heavy (non-hydrogen) atoms. The maximum absolute atomic E-state index is 12.3. The molecular formula is C41H74NO10P. The number of carboxylic acids is 1. The van der Waals surface area contributed by atoms with E-state index in [1.54, 1.807) is 0 Å². The van der Waals surface area contributed by atoms with Crippen LogP contribution in [0.2, 0.25) is 0 Å². The van der Waals surface area contributed by atoms with Gasteiger partial charge in [-0.2, -0.15) is 0 Å². The zero-order valence-electron chi connectivity index (χ0n) is 33.1. The number of phosphoric ester groups is 1. The van der Waals surface area contributed by atoms with Gasteiger partial charge >= 0.3 is 19.8 Å². The van der Waals surface area contributed by atoms with Crippen molar-refractivity contribution in [2.45, 2.75) is 187 Å². The van der Waals surface area contributed by atoms with Crippen molar-refractivity contribution in [3.05, 3.63) is 36.5 Å². The lowest BCUT2D eigenvalue weighted by Gasteiger charge is -2.18. The fourth-order valence-corrected chi connectivity index (χ4v) is 6.16. The second kappa shape index (κ2) is 36.7. The number of carbonyl (C=O) groups is 3. The lowest BCUT2D eigenvalue weighted by atomic mass is 10.1. The number of rotatable bonds is 38. The van der Waals surface area contributed by atoms with E-state index >= 15 is 0 Å². The molecule has 0 fully saturated rings. The molecule has 1 amide bonds. The molecule has 0 aliphatic carbocycles. The van der Waals surface area contributed by atoms with Crippen molar-refractivity contribution in [3.8, 4) is 0 Å². The second-order valence-corrected chi connectivity index (χ2v) is 15.3. The van der Waals surface area contributed by atoms with Gasteiger partial charge in [-0.05, 0) is 64.2 Å². The van der Waals surface area contributed by atoms with Crippen LogP contribution in [-0.4, -0.2) is 64.9 Å². The molecule has 0 radical (unpaired) electrons. The molecular weight excluding hydrogens is 697 g/mol. The first kappa shape index (κ1) is 50.7. The van der Waals surface area contributed by atoms with Crippen LogP contribution in [0, 0.1) is 0 Å². The van der Waals surface area contributed by atoms with Gasteiger partial charge in [0.05, 0.1) is 13.2 Å². The van der Waals surface area contributed by atoms with Gasteiger partial charge in [0.1, 0.15) is 12.7 Å². The number of ether oxygens (including phenoxy) is 1. The van der Waals surface area contributed by atoms with Crippen LogP contribution < -0.4 is 5.32 Å². The summed E-state index contributed by atoms with van der Waals surface area (Å²) in [4.78, 5) is 45.8. The molecule has 4 N–H and O–H groups in total. The van der Waals surface area contributed by atoms with Crippen molar-refractivity contribution in [3.63, 3.8) is 0 Å². The third-order valence-electron chi connectivity index (χ3n) is 8.65. The highest BCUT2D eigenvalue weighted by Gasteiger charge is 2.28. The average molecular weight is 772 g/mol. The van der Waals surface area contributed by atoms with Gasteiger partial charge in [0.2, 0.25) is 5.91 Å². The Morgan fingerprint density at radius 2 is 1.06 bits per heavy atom. The average Bonchev–Trinajstić information content (AvgIpc) is 3.13. The highest BCUT2D eigenvalue weighted by Crippen LogP contribution is 2.43. The zero-order chi connectivity index (χ0) is 39.3. The number of aliphatic carboxylic acids is 1. The normalized spacial score (nSPS) is 14.2. The van der Waals surface area contributed by atoms with E-state index in [0.29, 0.717) is 12.8 Å². The smallest absolute Gasteiger partial charge is 0.472 e. The molecule has 12 heteroatoms. The van der Waals surface area contributed by atoms with Crippen LogP contribution in [-0.2, 0) is 32.7 Å². The maximum atomic E-state index is 12.3.